The van der Waals surface area contributed by atoms with Crippen LogP contribution in [0.2, 0.25) is 0 Å². The summed E-state index contributed by atoms with van der Waals surface area (Å²) in [5, 5.41) is 3.22. The molecule has 1 saturated heterocycles. The number of hydrogen-bond donors (Lipinski definition) is 1. The number of anilines is 1. The average molecular weight is 233 g/mol. The fraction of sp³-hybridized carbons (Fsp3) is 0.643. The standard InChI is InChI=1S/C14H23N3/c1-3-5-12-7-9-17(11-12)14-13(10-15-2)6-4-8-16-14/h4,6,8,12,15H,3,5,7,9-11H2,1-2H3. The summed E-state index contributed by atoms with van der Waals surface area (Å²) in [4.78, 5) is 7.01. The first-order valence-electron chi connectivity index (χ1n) is 6.68. The van der Waals surface area contributed by atoms with Gasteiger partial charge in [-0.2, -0.15) is 0 Å². The number of nitrogens with zero attached hydrogens (tertiary/aromatic N) is 2. The first-order valence-corrected chi connectivity index (χ1v) is 6.68. The number of rotatable bonds is 5. The van der Waals surface area contributed by atoms with E-state index in [1.807, 2.05) is 19.3 Å². The van der Waals surface area contributed by atoms with E-state index in [4.69, 9.17) is 0 Å². The van der Waals surface area contributed by atoms with Gasteiger partial charge in [-0.05, 0) is 31.9 Å². The lowest BCUT2D eigenvalue weighted by Crippen LogP contribution is -2.23. The van der Waals surface area contributed by atoms with Crippen molar-refractivity contribution in [3.8, 4) is 0 Å². The molecule has 94 valence electrons. The van der Waals surface area contributed by atoms with Crippen LogP contribution in [0.1, 0.15) is 31.7 Å². The number of nitrogens with one attached hydrogen (secondary N) is 1. The lowest BCUT2D eigenvalue weighted by atomic mass is 10.0. The molecule has 1 N–H and O–H groups in total. The third-order valence-corrected chi connectivity index (χ3v) is 3.52. The van der Waals surface area contributed by atoms with Gasteiger partial charge < -0.3 is 10.2 Å². The summed E-state index contributed by atoms with van der Waals surface area (Å²) >= 11 is 0. The van der Waals surface area contributed by atoms with E-state index in [9.17, 15) is 0 Å². The molecule has 0 aromatic carbocycles. The summed E-state index contributed by atoms with van der Waals surface area (Å²) in [7, 11) is 1.99. The molecule has 0 saturated carbocycles. The Balaban J connectivity index is 2.07. The van der Waals surface area contributed by atoms with Crippen LogP contribution in [0, 0.1) is 5.92 Å². The molecule has 2 rings (SSSR count). The highest BCUT2D eigenvalue weighted by molar-refractivity contribution is 5.47. The molecule has 2 heterocycles. The van der Waals surface area contributed by atoms with Gasteiger partial charge in [0.25, 0.3) is 0 Å². The van der Waals surface area contributed by atoms with Crippen LogP contribution < -0.4 is 10.2 Å². The molecule has 1 aromatic rings. The van der Waals surface area contributed by atoms with Gasteiger partial charge in [0.05, 0.1) is 0 Å². The van der Waals surface area contributed by atoms with Crippen molar-refractivity contribution in [2.75, 3.05) is 25.0 Å². The zero-order valence-electron chi connectivity index (χ0n) is 10.9. The Labute approximate surface area is 104 Å². The van der Waals surface area contributed by atoms with Gasteiger partial charge in [-0.15, -0.1) is 0 Å². The highest BCUT2D eigenvalue weighted by Gasteiger charge is 2.23. The molecule has 1 fully saturated rings. The van der Waals surface area contributed by atoms with Crippen LogP contribution in [0.15, 0.2) is 18.3 Å². The monoisotopic (exact) mass is 233 g/mol. The number of pyridine rings is 1. The average Bonchev–Trinajstić information content (AvgIpc) is 2.79. The van der Waals surface area contributed by atoms with Crippen molar-refractivity contribution in [1.29, 1.82) is 0 Å². The Kier molecular flexibility index (Phi) is 4.37. The molecule has 1 aromatic heterocycles. The highest BCUT2D eigenvalue weighted by atomic mass is 15.2. The second-order valence-electron chi connectivity index (χ2n) is 4.91. The van der Waals surface area contributed by atoms with E-state index >= 15 is 0 Å². The van der Waals surface area contributed by atoms with E-state index < -0.39 is 0 Å². The van der Waals surface area contributed by atoms with E-state index in [0.29, 0.717) is 0 Å². The summed E-state index contributed by atoms with van der Waals surface area (Å²) in [6.07, 6.45) is 5.87. The Bertz CT molecular complexity index is 351. The van der Waals surface area contributed by atoms with Gasteiger partial charge in [0.2, 0.25) is 0 Å². The predicted octanol–water partition coefficient (Wildman–Crippen LogP) is 2.43. The van der Waals surface area contributed by atoms with Crippen LogP contribution in [-0.4, -0.2) is 25.1 Å². The van der Waals surface area contributed by atoms with E-state index in [1.165, 1.54) is 43.7 Å². The maximum atomic E-state index is 4.56. The minimum absolute atomic E-state index is 0.865. The van der Waals surface area contributed by atoms with Gasteiger partial charge in [-0.25, -0.2) is 4.98 Å². The molecule has 0 amide bonds. The van der Waals surface area contributed by atoms with E-state index in [2.05, 4.69) is 28.2 Å². The van der Waals surface area contributed by atoms with E-state index in [-0.39, 0.29) is 0 Å². The molecule has 0 aliphatic carbocycles. The fourth-order valence-electron chi connectivity index (χ4n) is 2.71. The first-order chi connectivity index (χ1) is 8.35. The molecular weight excluding hydrogens is 210 g/mol. The Morgan fingerprint density at radius 3 is 3.18 bits per heavy atom. The molecule has 0 bridgehead atoms. The van der Waals surface area contributed by atoms with Crippen molar-refractivity contribution in [2.24, 2.45) is 5.92 Å². The summed E-state index contributed by atoms with van der Waals surface area (Å²) in [6.45, 7) is 5.52. The summed E-state index contributed by atoms with van der Waals surface area (Å²) in [5.74, 6) is 2.05. The van der Waals surface area contributed by atoms with Gasteiger partial charge >= 0.3 is 0 Å². The van der Waals surface area contributed by atoms with Crippen LogP contribution in [-0.2, 0) is 6.54 Å². The lowest BCUT2D eigenvalue weighted by molar-refractivity contribution is 0.529. The highest BCUT2D eigenvalue weighted by Crippen LogP contribution is 2.27. The molecule has 1 aliphatic rings. The van der Waals surface area contributed by atoms with Crippen LogP contribution in [0.4, 0.5) is 5.82 Å². The molecule has 0 spiro atoms. The molecule has 0 radical (unpaired) electrons. The first kappa shape index (κ1) is 12.4. The Morgan fingerprint density at radius 1 is 1.53 bits per heavy atom. The van der Waals surface area contributed by atoms with Crippen LogP contribution in [0.3, 0.4) is 0 Å². The number of hydrogen-bond acceptors (Lipinski definition) is 3. The second-order valence-corrected chi connectivity index (χ2v) is 4.91. The van der Waals surface area contributed by atoms with E-state index in [1.54, 1.807) is 0 Å². The van der Waals surface area contributed by atoms with Crippen molar-refractivity contribution >= 4 is 5.82 Å². The number of aromatic nitrogens is 1. The third-order valence-electron chi connectivity index (χ3n) is 3.52. The van der Waals surface area contributed by atoms with Gasteiger partial charge in [0, 0.05) is 31.4 Å². The summed E-state index contributed by atoms with van der Waals surface area (Å²) in [5.41, 5.74) is 1.31. The Hall–Kier alpha value is -1.09. The zero-order chi connectivity index (χ0) is 12.1. The quantitative estimate of drug-likeness (QED) is 0.846. The molecule has 3 heteroatoms. The molecule has 1 unspecified atom stereocenters. The second kappa shape index (κ2) is 6.01. The Morgan fingerprint density at radius 2 is 2.41 bits per heavy atom. The van der Waals surface area contributed by atoms with Crippen LogP contribution in [0.5, 0.6) is 0 Å². The largest absolute Gasteiger partial charge is 0.356 e. The van der Waals surface area contributed by atoms with Crippen molar-refractivity contribution in [1.82, 2.24) is 10.3 Å². The normalized spacial score (nSPS) is 19.9. The van der Waals surface area contributed by atoms with Crippen molar-refractivity contribution in [3.63, 3.8) is 0 Å². The van der Waals surface area contributed by atoms with Crippen LogP contribution in [0.25, 0.3) is 0 Å². The molecule has 3 nitrogen and oxygen atoms in total. The van der Waals surface area contributed by atoms with Crippen LogP contribution >= 0.6 is 0 Å². The van der Waals surface area contributed by atoms with Gasteiger partial charge in [0.15, 0.2) is 0 Å². The fourth-order valence-corrected chi connectivity index (χ4v) is 2.71. The van der Waals surface area contributed by atoms with Gasteiger partial charge in [-0.3, -0.25) is 0 Å². The summed E-state index contributed by atoms with van der Waals surface area (Å²) in [6, 6.07) is 4.20. The summed E-state index contributed by atoms with van der Waals surface area (Å²) < 4.78 is 0. The van der Waals surface area contributed by atoms with Gasteiger partial charge in [-0.1, -0.05) is 19.4 Å². The zero-order valence-corrected chi connectivity index (χ0v) is 10.9. The molecule has 17 heavy (non-hydrogen) atoms. The van der Waals surface area contributed by atoms with Gasteiger partial charge in [0.1, 0.15) is 5.82 Å². The minimum atomic E-state index is 0.865. The smallest absolute Gasteiger partial charge is 0.133 e. The molecule has 1 atom stereocenters. The molecule has 1 aliphatic heterocycles. The van der Waals surface area contributed by atoms with E-state index in [0.717, 1.165) is 12.5 Å². The topological polar surface area (TPSA) is 28.2 Å². The SMILES string of the molecule is CCCC1CCN(c2ncccc2CNC)C1. The van der Waals surface area contributed by atoms with Crippen molar-refractivity contribution < 1.29 is 0 Å². The maximum absolute atomic E-state index is 4.56. The lowest BCUT2D eigenvalue weighted by Gasteiger charge is -2.20. The van der Waals surface area contributed by atoms with Crippen molar-refractivity contribution in [3.05, 3.63) is 23.9 Å². The third kappa shape index (κ3) is 2.97. The maximum Gasteiger partial charge on any atom is 0.133 e. The van der Waals surface area contributed by atoms with Crippen molar-refractivity contribution in [2.45, 2.75) is 32.7 Å². The minimum Gasteiger partial charge on any atom is -0.356 e. The molecular formula is C14H23N3. The predicted molar refractivity (Wildman–Crippen MR) is 72.2 cm³/mol.